The van der Waals surface area contributed by atoms with Gasteiger partial charge in [-0.3, -0.25) is 9.58 Å². The van der Waals surface area contributed by atoms with E-state index >= 15 is 0 Å². The van der Waals surface area contributed by atoms with E-state index in [0.29, 0.717) is 19.3 Å². The second-order valence-corrected chi connectivity index (χ2v) is 5.94. The van der Waals surface area contributed by atoms with Crippen LogP contribution in [0.4, 0.5) is 0 Å². The highest BCUT2D eigenvalue weighted by atomic mass is 79.9. The van der Waals surface area contributed by atoms with Crippen molar-refractivity contribution in [2.45, 2.75) is 46.3 Å². The molecule has 0 fully saturated rings. The van der Waals surface area contributed by atoms with Crippen LogP contribution in [0.1, 0.15) is 32.2 Å². The van der Waals surface area contributed by atoms with E-state index in [-0.39, 0.29) is 0 Å². The van der Waals surface area contributed by atoms with Crippen molar-refractivity contribution in [3.05, 3.63) is 15.9 Å². The number of aromatic nitrogens is 2. The molecule has 1 aromatic rings. The van der Waals surface area contributed by atoms with Gasteiger partial charge in [-0.2, -0.15) is 5.10 Å². The largest absolute Gasteiger partial charge is 0.383 e. The van der Waals surface area contributed by atoms with Crippen LogP contribution in [-0.2, 0) is 29.0 Å². The van der Waals surface area contributed by atoms with Crippen LogP contribution in [0.5, 0.6) is 0 Å². The summed E-state index contributed by atoms with van der Waals surface area (Å²) in [6, 6.07) is 0.335. The van der Waals surface area contributed by atoms with Crippen molar-refractivity contribution >= 4 is 15.9 Å². The zero-order valence-electron chi connectivity index (χ0n) is 13.9. The molecule has 0 saturated carbocycles. The minimum atomic E-state index is 0.335. The molecule has 0 bridgehead atoms. The third kappa shape index (κ3) is 5.06. The monoisotopic (exact) mass is 361 g/mol. The average Bonchev–Trinajstić information content (AvgIpc) is 2.79. The second kappa shape index (κ2) is 9.56. The molecule has 0 radical (unpaired) electrons. The molecule has 1 aromatic heterocycles. The van der Waals surface area contributed by atoms with Gasteiger partial charge in [-0.05, 0) is 36.2 Å². The van der Waals surface area contributed by atoms with Crippen LogP contribution in [0, 0.1) is 0 Å². The fourth-order valence-corrected chi connectivity index (χ4v) is 3.06. The van der Waals surface area contributed by atoms with Gasteiger partial charge in [-0.25, -0.2) is 0 Å². The van der Waals surface area contributed by atoms with Crippen molar-refractivity contribution in [1.29, 1.82) is 0 Å². The lowest BCUT2D eigenvalue weighted by molar-refractivity contribution is 0.0687. The Morgan fingerprint density at radius 3 is 2.52 bits per heavy atom. The molecule has 1 rings (SSSR count). The van der Waals surface area contributed by atoms with Crippen molar-refractivity contribution in [2.75, 3.05) is 34.0 Å². The molecule has 1 unspecified atom stereocenters. The summed E-state index contributed by atoms with van der Waals surface area (Å²) in [5.74, 6) is 0. The molecule has 0 aliphatic heterocycles. The lowest BCUT2D eigenvalue weighted by Gasteiger charge is -2.28. The van der Waals surface area contributed by atoms with Gasteiger partial charge in [-0.1, -0.05) is 6.92 Å². The fourth-order valence-electron chi connectivity index (χ4n) is 2.37. The molecule has 0 aliphatic rings. The first-order chi connectivity index (χ1) is 10.1. The van der Waals surface area contributed by atoms with E-state index in [1.54, 1.807) is 14.2 Å². The number of methoxy groups -OCH3 is 2. The van der Waals surface area contributed by atoms with Crippen LogP contribution >= 0.6 is 15.9 Å². The summed E-state index contributed by atoms with van der Waals surface area (Å²) in [6.45, 7) is 10.5. The molecule has 122 valence electrons. The van der Waals surface area contributed by atoms with Crippen molar-refractivity contribution in [3.8, 4) is 0 Å². The lowest BCUT2D eigenvalue weighted by atomic mass is 10.2. The number of rotatable bonds is 10. The number of ether oxygens (including phenoxy) is 2. The maximum absolute atomic E-state index is 5.30. The molecule has 1 atom stereocenters. The third-order valence-corrected chi connectivity index (χ3v) is 4.58. The Kier molecular flexibility index (Phi) is 8.48. The topological polar surface area (TPSA) is 39.5 Å². The van der Waals surface area contributed by atoms with E-state index in [1.165, 1.54) is 5.69 Å². The van der Waals surface area contributed by atoms with Crippen molar-refractivity contribution < 1.29 is 9.47 Å². The maximum atomic E-state index is 5.30. The molecule has 0 spiro atoms. The summed E-state index contributed by atoms with van der Waals surface area (Å²) < 4.78 is 13.8. The van der Waals surface area contributed by atoms with Gasteiger partial charge in [-0.15, -0.1) is 0 Å². The highest BCUT2D eigenvalue weighted by Crippen LogP contribution is 2.24. The molecule has 0 aromatic carbocycles. The summed E-state index contributed by atoms with van der Waals surface area (Å²) in [5.41, 5.74) is 2.35. The van der Waals surface area contributed by atoms with Gasteiger partial charge < -0.3 is 9.47 Å². The molecule has 0 amide bonds. The third-order valence-electron chi connectivity index (χ3n) is 3.66. The predicted molar refractivity (Wildman–Crippen MR) is 88.6 cm³/mol. The molecule has 21 heavy (non-hydrogen) atoms. The average molecular weight is 362 g/mol. The molecule has 0 saturated heterocycles. The van der Waals surface area contributed by atoms with E-state index < -0.39 is 0 Å². The number of hydrogen-bond donors (Lipinski definition) is 0. The summed E-state index contributed by atoms with van der Waals surface area (Å²) in [7, 11) is 3.48. The molecule has 6 heteroatoms. The summed E-state index contributed by atoms with van der Waals surface area (Å²) in [5, 5.41) is 4.67. The molecular weight excluding hydrogens is 334 g/mol. The highest BCUT2D eigenvalue weighted by molar-refractivity contribution is 9.10. The van der Waals surface area contributed by atoms with Crippen LogP contribution in [0.2, 0.25) is 0 Å². The van der Waals surface area contributed by atoms with E-state index in [9.17, 15) is 0 Å². The Morgan fingerprint density at radius 2 is 2.00 bits per heavy atom. The second-order valence-electron chi connectivity index (χ2n) is 5.14. The normalized spacial score (nSPS) is 13.1. The number of hydrogen-bond acceptors (Lipinski definition) is 4. The van der Waals surface area contributed by atoms with Crippen LogP contribution in [-0.4, -0.2) is 54.7 Å². The van der Waals surface area contributed by atoms with Gasteiger partial charge >= 0.3 is 0 Å². The van der Waals surface area contributed by atoms with Gasteiger partial charge in [0.1, 0.15) is 0 Å². The van der Waals surface area contributed by atoms with Crippen LogP contribution in [0.25, 0.3) is 0 Å². The first-order valence-corrected chi connectivity index (χ1v) is 8.34. The fraction of sp³-hybridized carbons (Fsp3) is 0.800. The Hall–Kier alpha value is -0.430. The zero-order chi connectivity index (χ0) is 15.8. The Balaban J connectivity index is 2.93. The number of nitrogens with zero attached hydrogens (tertiary/aromatic N) is 3. The van der Waals surface area contributed by atoms with Crippen LogP contribution in [0.15, 0.2) is 4.47 Å². The van der Waals surface area contributed by atoms with E-state index in [1.807, 2.05) is 0 Å². The molecule has 0 aliphatic carbocycles. The standard InChI is InChI=1S/C15H28BrN3O2/c1-6-13-15(16)14(19(7-2)17-13)10-18(8-9-20-4)12(3)11-21-5/h12H,6-11H2,1-5H3. The van der Waals surface area contributed by atoms with Gasteiger partial charge in [0.05, 0.1) is 29.1 Å². The predicted octanol–water partition coefficient (Wildman–Crippen LogP) is 2.71. The minimum Gasteiger partial charge on any atom is -0.383 e. The molecule has 0 N–H and O–H groups in total. The minimum absolute atomic E-state index is 0.335. The highest BCUT2D eigenvalue weighted by Gasteiger charge is 2.20. The van der Waals surface area contributed by atoms with Crippen LogP contribution < -0.4 is 0 Å². The number of aryl methyl sites for hydroxylation is 2. The first kappa shape index (κ1) is 18.6. The van der Waals surface area contributed by atoms with Gasteiger partial charge in [0.2, 0.25) is 0 Å². The van der Waals surface area contributed by atoms with E-state index in [0.717, 1.165) is 36.2 Å². The van der Waals surface area contributed by atoms with Crippen LogP contribution in [0.3, 0.4) is 0 Å². The molecular formula is C15H28BrN3O2. The Morgan fingerprint density at radius 1 is 1.29 bits per heavy atom. The van der Waals surface area contributed by atoms with Crippen molar-refractivity contribution in [3.63, 3.8) is 0 Å². The molecule has 1 heterocycles. The summed E-state index contributed by atoms with van der Waals surface area (Å²) in [6.07, 6.45) is 0.937. The number of halogens is 1. The molecule has 5 nitrogen and oxygen atoms in total. The quantitative estimate of drug-likeness (QED) is 0.642. The van der Waals surface area contributed by atoms with E-state index in [4.69, 9.17) is 9.47 Å². The van der Waals surface area contributed by atoms with Gasteiger partial charge in [0.15, 0.2) is 0 Å². The first-order valence-electron chi connectivity index (χ1n) is 7.54. The lowest BCUT2D eigenvalue weighted by Crippen LogP contribution is -2.38. The van der Waals surface area contributed by atoms with Crippen molar-refractivity contribution in [2.24, 2.45) is 0 Å². The maximum Gasteiger partial charge on any atom is 0.0767 e. The smallest absolute Gasteiger partial charge is 0.0767 e. The summed E-state index contributed by atoms with van der Waals surface area (Å²) in [4.78, 5) is 2.38. The van der Waals surface area contributed by atoms with E-state index in [2.05, 4.69) is 51.4 Å². The summed E-state index contributed by atoms with van der Waals surface area (Å²) >= 11 is 3.72. The SMILES string of the molecule is CCc1nn(CC)c(CN(CCOC)C(C)COC)c1Br. The Labute approximate surface area is 136 Å². The van der Waals surface area contributed by atoms with Gasteiger partial charge in [0, 0.05) is 39.9 Å². The van der Waals surface area contributed by atoms with Crippen molar-refractivity contribution in [1.82, 2.24) is 14.7 Å². The Bertz CT molecular complexity index is 423. The van der Waals surface area contributed by atoms with Gasteiger partial charge in [0.25, 0.3) is 0 Å². The zero-order valence-corrected chi connectivity index (χ0v) is 15.4.